The fourth-order valence-corrected chi connectivity index (χ4v) is 3.01. The van der Waals surface area contributed by atoms with Crippen LogP contribution in [0.25, 0.3) is 0 Å². The lowest BCUT2D eigenvalue weighted by Gasteiger charge is -2.13. The lowest BCUT2D eigenvalue weighted by molar-refractivity contribution is -0.118. The summed E-state index contributed by atoms with van der Waals surface area (Å²) in [5, 5.41) is 5.60. The van der Waals surface area contributed by atoms with Crippen molar-refractivity contribution in [3.8, 4) is 5.75 Å². The second-order valence-electron chi connectivity index (χ2n) is 6.71. The number of hydrogen-bond acceptors (Lipinski definition) is 3. The number of amides is 2. The standard InChI is InChI=1S/C23H20ClFN2O3/c1-14-4-3-5-15(2)22(14)30-13-21(28)27-20-12-16(6-11-19(20)24)23(29)26-18-9-7-17(25)8-10-18/h3-12H,13H2,1-2H3,(H,26,29)(H,27,28). The number of anilines is 2. The highest BCUT2D eigenvalue weighted by atomic mass is 35.5. The summed E-state index contributed by atoms with van der Waals surface area (Å²) in [5.41, 5.74) is 2.89. The topological polar surface area (TPSA) is 67.4 Å². The van der Waals surface area contributed by atoms with E-state index in [0.29, 0.717) is 17.1 Å². The van der Waals surface area contributed by atoms with E-state index in [1.807, 2.05) is 32.0 Å². The lowest BCUT2D eigenvalue weighted by Crippen LogP contribution is -2.21. The van der Waals surface area contributed by atoms with Crippen LogP contribution in [0.4, 0.5) is 15.8 Å². The Bertz CT molecular complexity index is 1060. The minimum absolute atomic E-state index is 0.200. The smallest absolute Gasteiger partial charge is 0.262 e. The van der Waals surface area contributed by atoms with Gasteiger partial charge in [0.1, 0.15) is 11.6 Å². The fourth-order valence-electron chi connectivity index (χ4n) is 2.85. The fraction of sp³-hybridized carbons (Fsp3) is 0.130. The molecule has 154 valence electrons. The van der Waals surface area contributed by atoms with Crippen molar-refractivity contribution in [1.82, 2.24) is 0 Å². The minimum atomic E-state index is -0.416. The molecule has 0 atom stereocenters. The largest absolute Gasteiger partial charge is 0.483 e. The lowest BCUT2D eigenvalue weighted by atomic mass is 10.1. The zero-order chi connectivity index (χ0) is 21.7. The molecule has 0 aliphatic heterocycles. The summed E-state index contributed by atoms with van der Waals surface area (Å²) in [7, 11) is 0. The highest BCUT2D eigenvalue weighted by molar-refractivity contribution is 6.34. The normalized spacial score (nSPS) is 10.4. The first kappa shape index (κ1) is 21.3. The summed E-state index contributed by atoms with van der Waals surface area (Å²) in [5.74, 6) is -0.560. The van der Waals surface area contributed by atoms with Gasteiger partial charge >= 0.3 is 0 Å². The zero-order valence-electron chi connectivity index (χ0n) is 16.5. The van der Waals surface area contributed by atoms with Crippen molar-refractivity contribution in [3.63, 3.8) is 0 Å². The molecule has 2 amide bonds. The number of ether oxygens (including phenoxy) is 1. The van der Waals surface area contributed by atoms with Crippen LogP contribution in [0.15, 0.2) is 60.7 Å². The van der Waals surface area contributed by atoms with Crippen LogP contribution in [-0.2, 0) is 4.79 Å². The molecule has 3 aromatic rings. The third-order valence-electron chi connectivity index (χ3n) is 4.36. The van der Waals surface area contributed by atoms with Crippen LogP contribution in [0.2, 0.25) is 5.02 Å². The Kier molecular flexibility index (Phi) is 6.69. The third-order valence-corrected chi connectivity index (χ3v) is 4.69. The van der Waals surface area contributed by atoms with Gasteiger partial charge in [-0.25, -0.2) is 4.39 Å². The van der Waals surface area contributed by atoms with Crippen LogP contribution >= 0.6 is 11.6 Å². The highest BCUT2D eigenvalue weighted by Crippen LogP contribution is 2.25. The maximum Gasteiger partial charge on any atom is 0.262 e. The Morgan fingerprint density at radius 3 is 2.30 bits per heavy atom. The number of benzene rings is 3. The predicted molar refractivity (Wildman–Crippen MR) is 116 cm³/mol. The van der Waals surface area contributed by atoms with Gasteiger partial charge in [0, 0.05) is 11.3 Å². The molecule has 0 spiro atoms. The summed E-state index contributed by atoms with van der Waals surface area (Å²) < 4.78 is 18.6. The summed E-state index contributed by atoms with van der Waals surface area (Å²) in [6.45, 7) is 3.61. The van der Waals surface area contributed by atoms with Crippen LogP contribution in [-0.4, -0.2) is 18.4 Å². The summed E-state index contributed by atoms with van der Waals surface area (Å²) in [4.78, 5) is 24.8. The Balaban J connectivity index is 1.66. The zero-order valence-corrected chi connectivity index (χ0v) is 17.2. The Hall–Kier alpha value is -3.38. The van der Waals surface area contributed by atoms with Crippen molar-refractivity contribution in [3.05, 3.63) is 88.2 Å². The number of carbonyl (C=O) groups is 2. The number of halogens is 2. The summed E-state index contributed by atoms with van der Waals surface area (Å²) >= 11 is 6.16. The first-order valence-corrected chi connectivity index (χ1v) is 9.56. The highest BCUT2D eigenvalue weighted by Gasteiger charge is 2.13. The maximum atomic E-state index is 13.0. The predicted octanol–water partition coefficient (Wildman–Crippen LogP) is 5.37. The van der Waals surface area contributed by atoms with Crippen LogP contribution < -0.4 is 15.4 Å². The molecule has 0 aliphatic rings. The van der Waals surface area contributed by atoms with E-state index in [0.717, 1.165) is 11.1 Å². The van der Waals surface area contributed by atoms with E-state index in [1.54, 1.807) is 0 Å². The van der Waals surface area contributed by atoms with E-state index in [1.165, 1.54) is 42.5 Å². The number of rotatable bonds is 6. The monoisotopic (exact) mass is 426 g/mol. The molecule has 3 rings (SSSR count). The Morgan fingerprint density at radius 2 is 1.63 bits per heavy atom. The SMILES string of the molecule is Cc1cccc(C)c1OCC(=O)Nc1cc(C(=O)Nc2ccc(F)cc2)ccc1Cl. The molecule has 2 N–H and O–H groups in total. The second-order valence-corrected chi connectivity index (χ2v) is 7.12. The van der Waals surface area contributed by atoms with Crippen molar-refractivity contribution in [2.75, 3.05) is 17.2 Å². The first-order valence-electron chi connectivity index (χ1n) is 9.19. The van der Waals surface area contributed by atoms with E-state index in [2.05, 4.69) is 10.6 Å². The Labute approximate surface area is 178 Å². The van der Waals surface area contributed by atoms with E-state index in [4.69, 9.17) is 16.3 Å². The molecule has 0 aliphatic carbocycles. The quantitative estimate of drug-likeness (QED) is 0.557. The first-order chi connectivity index (χ1) is 14.3. The number of hydrogen-bond donors (Lipinski definition) is 2. The molecule has 0 radical (unpaired) electrons. The van der Waals surface area contributed by atoms with Gasteiger partial charge in [0.05, 0.1) is 10.7 Å². The number of carbonyl (C=O) groups excluding carboxylic acids is 2. The molecule has 30 heavy (non-hydrogen) atoms. The van der Waals surface area contributed by atoms with Gasteiger partial charge in [0.15, 0.2) is 6.61 Å². The maximum absolute atomic E-state index is 13.0. The van der Waals surface area contributed by atoms with E-state index in [-0.39, 0.29) is 17.2 Å². The van der Waals surface area contributed by atoms with E-state index in [9.17, 15) is 14.0 Å². The number of aryl methyl sites for hydroxylation is 2. The summed E-state index contributed by atoms with van der Waals surface area (Å²) in [6.07, 6.45) is 0. The van der Waals surface area contributed by atoms with Gasteiger partial charge in [-0.05, 0) is 67.4 Å². The average Bonchev–Trinajstić information content (AvgIpc) is 2.71. The van der Waals surface area contributed by atoms with Crippen molar-refractivity contribution >= 4 is 34.8 Å². The van der Waals surface area contributed by atoms with Crippen molar-refractivity contribution < 1.29 is 18.7 Å². The minimum Gasteiger partial charge on any atom is -0.483 e. The van der Waals surface area contributed by atoms with Crippen LogP contribution in [0.3, 0.4) is 0 Å². The molecule has 0 saturated carbocycles. The van der Waals surface area contributed by atoms with Crippen molar-refractivity contribution in [1.29, 1.82) is 0 Å². The van der Waals surface area contributed by atoms with Gasteiger partial charge < -0.3 is 15.4 Å². The molecular formula is C23H20ClFN2O3. The van der Waals surface area contributed by atoms with Crippen LogP contribution in [0.5, 0.6) is 5.75 Å². The van der Waals surface area contributed by atoms with Crippen LogP contribution in [0, 0.1) is 19.7 Å². The molecule has 0 saturated heterocycles. The second kappa shape index (κ2) is 9.41. The molecular weight excluding hydrogens is 407 g/mol. The van der Waals surface area contributed by atoms with Crippen molar-refractivity contribution in [2.24, 2.45) is 0 Å². The van der Waals surface area contributed by atoms with Gasteiger partial charge in [-0.15, -0.1) is 0 Å². The molecule has 7 heteroatoms. The molecule has 0 aromatic heterocycles. The van der Waals surface area contributed by atoms with Gasteiger partial charge in [0.25, 0.3) is 11.8 Å². The average molecular weight is 427 g/mol. The Morgan fingerprint density at radius 1 is 0.967 bits per heavy atom. The molecule has 5 nitrogen and oxygen atoms in total. The van der Waals surface area contributed by atoms with Crippen molar-refractivity contribution in [2.45, 2.75) is 13.8 Å². The number of nitrogens with one attached hydrogen (secondary N) is 2. The number of para-hydroxylation sites is 1. The van der Waals surface area contributed by atoms with Gasteiger partial charge in [-0.2, -0.15) is 0 Å². The summed E-state index contributed by atoms with van der Waals surface area (Å²) in [6, 6.07) is 15.7. The molecule has 3 aromatic carbocycles. The van der Waals surface area contributed by atoms with Gasteiger partial charge in [0.2, 0.25) is 0 Å². The van der Waals surface area contributed by atoms with Gasteiger partial charge in [-0.3, -0.25) is 9.59 Å². The molecule has 0 fully saturated rings. The third kappa shape index (κ3) is 5.36. The molecule has 0 unspecified atom stereocenters. The van der Waals surface area contributed by atoms with E-state index < -0.39 is 17.6 Å². The molecule has 0 bridgehead atoms. The van der Waals surface area contributed by atoms with Gasteiger partial charge in [-0.1, -0.05) is 29.8 Å². The molecule has 0 heterocycles. The van der Waals surface area contributed by atoms with E-state index >= 15 is 0 Å². The van der Waals surface area contributed by atoms with Crippen LogP contribution in [0.1, 0.15) is 21.5 Å².